The van der Waals surface area contributed by atoms with E-state index < -0.39 is 19.0 Å². The van der Waals surface area contributed by atoms with E-state index in [-0.39, 0.29) is 5.75 Å². The fraction of sp³-hybridized carbons (Fsp3) is 0.400. The van der Waals surface area contributed by atoms with Crippen LogP contribution in [0.3, 0.4) is 0 Å². The first kappa shape index (κ1) is 21.2. The van der Waals surface area contributed by atoms with E-state index in [2.05, 4.69) is 45.4 Å². The monoisotopic (exact) mass is 508 g/mol. The van der Waals surface area contributed by atoms with Gasteiger partial charge in [0.1, 0.15) is 5.75 Å². The first-order valence-electron chi connectivity index (χ1n) is 8.99. The second-order valence-electron chi connectivity index (χ2n) is 6.66. The van der Waals surface area contributed by atoms with Gasteiger partial charge < -0.3 is 15.4 Å². The maximum absolute atomic E-state index is 12.9. The number of nitrogens with one attached hydrogen (secondary N) is 2. The molecule has 0 aromatic heterocycles. The van der Waals surface area contributed by atoms with Crippen molar-refractivity contribution in [3.05, 3.63) is 56.7 Å². The summed E-state index contributed by atoms with van der Waals surface area (Å²) in [5, 5.41) is 6.89. The van der Waals surface area contributed by atoms with Crippen molar-refractivity contribution in [3.8, 4) is 5.75 Å². The smallest absolute Gasteiger partial charge is 0.340 e. The highest BCUT2D eigenvalue weighted by Gasteiger charge is 2.41. The Bertz CT molecular complexity index is 800. The Morgan fingerprint density at radius 1 is 1.07 bits per heavy atom. The molecular weight excluding hydrogens is 487 g/mol. The highest BCUT2D eigenvalue weighted by molar-refractivity contribution is 14.1. The minimum Gasteiger partial charge on any atom is -0.487 e. The Morgan fingerprint density at radius 3 is 2.50 bits per heavy atom. The van der Waals surface area contributed by atoms with Gasteiger partial charge in [-0.3, -0.25) is 0 Å². The van der Waals surface area contributed by atoms with Gasteiger partial charge in [-0.1, -0.05) is 18.2 Å². The zero-order chi connectivity index (χ0) is 20.1. The summed E-state index contributed by atoms with van der Waals surface area (Å²) in [6, 6.07) is 10.8. The number of fused-ring (bicyclic) bond motifs is 1. The zero-order valence-electron chi connectivity index (χ0n) is 15.1. The van der Waals surface area contributed by atoms with Crippen LogP contribution in [0.1, 0.15) is 16.7 Å². The highest BCUT2D eigenvalue weighted by Crippen LogP contribution is 2.29. The van der Waals surface area contributed by atoms with E-state index in [0.29, 0.717) is 6.54 Å². The molecule has 2 aromatic carbocycles. The lowest BCUT2D eigenvalue weighted by molar-refractivity contribution is -0.148. The number of halogens is 5. The largest absolute Gasteiger partial charge is 0.487 e. The summed E-state index contributed by atoms with van der Waals surface area (Å²) in [5.74, 6) is -4.02. The molecule has 0 radical (unpaired) electrons. The molecule has 0 aliphatic carbocycles. The minimum absolute atomic E-state index is 0.137. The third-order valence-corrected chi connectivity index (χ3v) is 5.52. The molecule has 0 saturated heterocycles. The van der Waals surface area contributed by atoms with Gasteiger partial charge in [-0.25, -0.2) is 8.78 Å². The van der Waals surface area contributed by atoms with Gasteiger partial charge in [-0.15, -0.1) is 0 Å². The van der Waals surface area contributed by atoms with Crippen LogP contribution in [0.5, 0.6) is 5.75 Å². The van der Waals surface area contributed by atoms with Crippen LogP contribution in [0.25, 0.3) is 0 Å². The van der Waals surface area contributed by atoms with Gasteiger partial charge in [-0.2, -0.15) is 8.78 Å². The Kier molecular flexibility index (Phi) is 7.03. The summed E-state index contributed by atoms with van der Waals surface area (Å²) in [5.41, 5.74) is 4.73. The molecule has 2 N–H and O–H groups in total. The van der Waals surface area contributed by atoms with E-state index in [0.717, 1.165) is 40.8 Å². The molecule has 1 heterocycles. The number of ether oxygens (including phenoxy) is 1. The molecule has 8 heteroatoms. The quantitative estimate of drug-likeness (QED) is 0.414. The molecule has 0 spiro atoms. The SMILES string of the molecule is FC(F)C(F)(F)COc1ccc(CNc2c(I)ccc3c2CCNCC3)cc1. The molecule has 3 rings (SSSR count). The first-order chi connectivity index (χ1) is 13.4. The number of hydrogen-bond acceptors (Lipinski definition) is 3. The molecule has 2 aromatic rings. The fourth-order valence-corrected chi connectivity index (χ4v) is 3.77. The highest BCUT2D eigenvalue weighted by atomic mass is 127. The van der Waals surface area contributed by atoms with E-state index >= 15 is 0 Å². The Labute approximate surface area is 175 Å². The van der Waals surface area contributed by atoms with Gasteiger partial charge in [0.2, 0.25) is 0 Å². The molecule has 0 saturated carbocycles. The molecule has 3 nitrogen and oxygen atoms in total. The number of alkyl halides is 4. The van der Waals surface area contributed by atoms with Crippen molar-refractivity contribution < 1.29 is 22.3 Å². The fourth-order valence-electron chi connectivity index (χ4n) is 3.07. The molecule has 1 aliphatic heterocycles. The van der Waals surface area contributed by atoms with Crippen molar-refractivity contribution in [3.63, 3.8) is 0 Å². The van der Waals surface area contributed by atoms with Crippen LogP contribution < -0.4 is 15.4 Å². The summed E-state index contributed by atoms with van der Waals surface area (Å²) in [7, 11) is 0. The maximum Gasteiger partial charge on any atom is 0.340 e. The topological polar surface area (TPSA) is 33.3 Å². The third kappa shape index (κ3) is 5.28. The summed E-state index contributed by atoms with van der Waals surface area (Å²) in [6.07, 6.45) is -1.79. The van der Waals surface area contributed by atoms with Crippen LogP contribution in [0, 0.1) is 3.57 Å². The van der Waals surface area contributed by atoms with Gasteiger partial charge in [0.15, 0.2) is 6.61 Å². The predicted molar refractivity (Wildman–Crippen MR) is 110 cm³/mol. The van der Waals surface area contributed by atoms with Gasteiger partial charge in [0.05, 0.1) is 5.69 Å². The van der Waals surface area contributed by atoms with Crippen LogP contribution in [0.2, 0.25) is 0 Å². The molecule has 0 fully saturated rings. The summed E-state index contributed by atoms with van der Waals surface area (Å²) in [6.45, 7) is 1.13. The maximum atomic E-state index is 12.9. The van der Waals surface area contributed by atoms with Gasteiger partial charge >= 0.3 is 12.3 Å². The van der Waals surface area contributed by atoms with Gasteiger partial charge in [-0.05, 0) is 83.4 Å². The van der Waals surface area contributed by atoms with Crippen molar-refractivity contribution in [1.82, 2.24) is 5.32 Å². The van der Waals surface area contributed by atoms with E-state index in [4.69, 9.17) is 4.74 Å². The van der Waals surface area contributed by atoms with Crippen LogP contribution >= 0.6 is 22.6 Å². The van der Waals surface area contributed by atoms with Crippen LogP contribution in [0.15, 0.2) is 36.4 Å². The van der Waals surface area contributed by atoms with Crippen LogP contribution in [0.4, 0.5) is 23.2 Å². The summed E-state index contributed by atoms with van der Waals surface area (Å²) >= 11 is 2.32. The first-order valence-corrected chi connectivity index (χ1v) is 10.1. The molecule has 0 amide bonds. The lowest BCUT2D eigenvalue weighted by atomic mass is 10.0. The zero-order valence-corrected chi connectivity index (χ0v) is 17.2. The molecule has 0 unspecified atom stereocenters. The summed E-state index contributed by atoms with van der Waals surface area (Å²) in [4.78, 5) is 0. The second-order valence-corrected chi connectivity index (χ2v) is 7.82. The number of hydrogen-bond donors (Lipinski definition) is 2. The van der Waals surface area contributed by atoms with Crippen molar-refractivity contribution in [2.45, 2.75) is 31.7 Å². The van der Waals surface area contributed by atoms with E-state index in [1.165, 1.54) is 23.3 Å². The third-order valence-electron chi connectivity index (χ3n) is 4.63. The molecule has 0 atom stereocenters. The molecule has 152 valence electrons. The Morgan fingerprint density at radius 2 is 1.79 bits per heavy atom. The van der Waals surface area contributed by atoms with Gasteiger partial charge in [0.25, 0.3) is 0 Å². The van der Waals surface area contributed by atoms with E-state index in [1.807, 2.05) is 0 Å². The average Bonchev–Trinajstić information content (AvgIpc) is 2.92. The van der Waals surface area contributed by atoms with E-state index in [1.54, 1.807) is 12.1 Å². The molecule has 0 bridgehead atoms. The molecule has 28 heavy (non-hydrogen) atoms. The number of anilines is 1. The minimum atomic E-state index is -4.16. The lowest BCUT2D eigenvalue weighted by Crippen LogP contribution is -2.33. The van der Waals surface area contributed by atoms with Crippen LogP contribution in [-0.4, -0.2) is 32.0 Å². The normalized spacial score (nSPS) is 14.5. The number of rotatable bonds is 7. The van der Waals surface area contributed by atoms with Crippen molar-refractivity contribution in [2.75, 3.05) is 25.0 Å². The summed E-state index contributed by atoms with van der Waals surface area (Å²) < 4.78 is 56.2. The van der Waals surface area contributed by atoms with Gasteiger partial charge in [0, 0.05) is 10.1 Å². The molecule has 1 aliphatic rings. The molecular formula is C20H21F4IN2O. The predicted octanol–water partition coefficient (Wildman–Crippen LogP) is 4.87. The van der Waals surface area contributed by atoms with Crippen molar-refractivity contribution in [1.29, 1.82) is 0 Å². The second kappa shape index (κ2) is 9.30. The number of benzene rings is 2. The van der Waals surface area contributed by atoms with Crippen molar-refractivity contribution in [2.24, 2.45) is 0 Å². The van der Waals surface area contributed by atoms with E-state index in [9.17, 15) is 17.6 Å². The van der Waals surface area contributed by atoms with Crippen molar-refractivity contribution >= 4 is 28.3 Å². The Hall–Kier alpha value is -1.55. The lowest BCUT2D eigenvalue weighted by Gasteiger charge is -2.17. The Balaban J connectivity index is 1.63. The average molecular weight is 508 g/mol. The standard InChI is InChI=1S/C20H21F4IN2O/c21-19(22)20(23,24)12-28-15-4-1-13(2-5-15)11-27-18-16-8-10-26-9-7-14(16)3-6-17(18)25/h1-6,19,26-27H,7-12H2. The van der Waals surface area contributed by atoms with Crippen LogP contribution in [-0.2, 0) is 19.4 Å².